The van der Waals surface area contributed by atoms with Gasteiger partial charge >= 0.3 is 0 Å². The Bertz CT molecular complexity index is 230. The highest BCUT2D eigenvalue weighted by Crippen LogP contribution is 2.23. The maximum atomic E-state index is 11.2. The lowest BCUT2D eigenvalue weighted by atomic mass is 9.93. The van der Waals surface area contributed by atoms with Gasteiger partial charge in [0.15, 0.2) is 0 Å². The molecule has 1 amide bonds. The van der Waals surface area contributed by atoms with Crippen LogP contribution in [0.5, 0.6) is 0 Å². The smallest absolute Gasteiger partial charge is 0.238 e. The number of piperidine rings is 1. The highest BCUT2D eigenvalue weighted by molar-refractivity contribution is 5.84. The number of primary amides is 1. The zero-order valence-corrected chi connectivity index (χ0v) is 9.99. The summed E-state index contributed by atoms with van der Waals surface area (Å²) in [6, 6.07) is 0.993. The number of rotatable bonds is 3. The fourth-order valence-electron chi connectivity index (χ4n) is 2.24. The molecule has 1 fully saturated rings. The van der Waals surface area contributed by atoms with Crippen molar-refractivity contribution in [2.75, 3.05) is 6.54 Å². The summed E-state index contributed by atoms with van der Waals surface area (Å²) >= 11 is 0. The third kappa shape index (κ3) is 2.92. The second-order valence-corrected chi connectivity index (χ2v) is 5.08. The molecule has 0 bridgehead atoms. The van der Waals surface area contributed by atoms with Crippen LogP contribution in [0.1, 0.15) is 40.0 Å². The predicted molar refractivity (Wildman–Crippen MR) is 61.3 cm³/mol. The molecule has 1 rings (SSSR count). The lowest BCUT2D eigenvalue weighted by Crippen LogP contribution is -2.60. The summed E-state index contributed by atoms with van der Waals surface area (Å²) in [4.78, 5) is 13.5. The molecule has 4 heteroatoms. The number of likely N-dealkylation sites (tertiary alicyclic amines) is 1. The molecule has 0 saturated carbocycles. The Kier molecular flexibility index (Phi) is 3.73. The van der Waals surface area contributed by atoms with Gasteiger partial charge in [0.2, 0.25) is 5.91 Å². The monoisotopic (exact) mass is 213 g/mol. The molecule has 1 aliphatic rings. The molecule has 1 heterocycles. The first-order valence-electron chi connectivity index (χ1n) is 5.69. The van der Waals surface area contributed by atoms with Gasteiger partial charge in [-0.2, -0.15) is 0 Å². The van der Waals surface area contributed by atoms with E-state index in [4.69, 9.17) is 11.5 Å². The molecule has 0 aromatic rings. The van der Waals surface area contributed by atoms with E-state index in [1.807, 2.05) is 0 Å². The Labute approximate surface area is 92.0 Å². The summed E-state index contributed by atoms with van der Waals surface area (Å²) in [5.41, 5.74) is 10.3. The van der Waals surface area contributed by atoms with Gasteiger partial charge in [-0.3, -0.25) is 9.69 Å². The molecular formula is C11H23N3O. The van der Waals surface area contributed by atoms with E-state index in [9.17, 15) is 4.79 Å². The van der Waals surface area contributed by atoms with Crippen molar-refractivity contribution in [3.05, 3.63) is 0 Å². The van der Waals surface area contributed by atoms with Crippen LogP contribution in [0.25, 0.3) is 0 Å². The maximum absolute atomic E-state index is 11.2. The molecule has 0 aliphatic carbocycles. The van der Waals surface area contributed by atoms with Crippen LogP contribution in [0.4, 0.5) is 0 Å². The Morgan fingerprint density at radius 2 is 1.87 bits per heavy atom. The van der Waals surface area contributed by atoms with Gasteiger partial charge in [-0.25, -0.2) is 0 Å². The highest BCUT2D eigenvalue weighted by atomic mass is 16.1. The molecule has 4 nitrogen and oxygen atoms in total. The van der Waals surface area contributed by atoms with E-state index >= 15 is 0 Å². The Balaban J connectivity index is 2.66. The third-order valence-electron chi connectivity index (χ3n) is 3.45. The van der Waals surface area contributed by atoms with Gasteiger partial charge in [-0.15, -0.1) is 0 Å². The number of hydrogen-bond acceptors (Lipinski definition) is 3. The summed E-state index contributed by atoms with van der Waals surface area (Å²) in [6.45, 7) is 6.65. The zero-order valence-electron chi connectivity index (χ0n) is 9.99. The minimum Gasteiger partial charge on any atom is -0.368 e. The van der Waals surface area contributed by atoms with Crippen LogP contribution in [0.2, 0.25) is 0 Å². The Morgan fingerprint density at radius 3 is 2.27 bits per heavy atom. The van der Waals surface area contributed by atoms with Crippen molar-refractivity contribution in [3.8, 4) is 0 Å². The average molecular weight is 213 g/mol. The van der Waals surface area contributed by atoms with Crippen molar-refractivity contribution >= 4 is 5.91 Å². The summed E-state index contributed by atoms with van der Waals surface area (Å²) in [7, 11) is 0. The SMILES string of the molecule is CC1CCCC(C)N1CC(C)(N)C(N)=O. The van der Waals surface area contributed by atoms with E-state index in [1.165, 1.54) is 19.3 Å². The quantitative estimate of drug-likeness (QED) is 0.715. The second kappa shape index (κ2) is 4.49. The number of carbonyl (C=O) groups is 1. The van der Waals surface area contributed by atoms with Crippen LogP contribution >= 0.6 is 0 Å². The van der Waals surface area contributed by atoms with Crippen LogP contribution in [0.15, 0.2) is 0 Å². The summed E-state index contributed by atoms with van der Waals surface area (Å²) in [6.07, 6.45) is 3.62. The van der Waals surface area contributed by atoms with Crippen molar-refractivity contribution in [1.82, 2.24) is 4.90 Å². The van der Waals surface area contributed by atoms with E-state index in [2.05, 4.69) is 18.7 Å². The molecule has 88 valence electrons. The normalized spacial score (nSPS) is 32.3. The van der Waals surface area contributed by atoms with Crippen molar-refractivity contribution in [2.24, 2.45) is 11.5 Å². The van der Waals surface area contributed by atoms with E-state index in [0.29, 0.717) is 18.6 Å². The van der Waals surface area contributed by atoms with Crippen LogP contribution in [-0.4, -0.2) is 35.0 Å². The van der Waals surface area contributed by atoms with Crippen molar-refractivity contribution < 1.29 is 4.79 Å². The molecule has 4 N–H and O–H groups in total. The summed E-state index contributed by atoms with van der Waals surface area (Å²) in [5.74, 6) is -0.424. The molecule has 0 aromatic carbocycles. The highest BCUT2D eigenvalue weighted by Gasteiger charge is 2.33. The van der Waals surface area contributed by atoms with Gasteiger partial charge in [-0.1, -0.05) is 6.42 Å². The molecule has 1 saturated heterocycles. The lowest BCUT2D eigenvalue weighted by molar-refractivity contribution is -0.123. The van der Waals surface area contributed by atoms with Gasteiger partial charge in [-0.05, 0) is 33.6 Å². The minimum atomic E-state index is -0.917. The number of carbonyl (C=O) groups excluding carboxylic acids is 1. The van der Waals surface area contributed by atoms with Gasteiger partial charge < -0.3 is 11.5 Å². The van der Waals surface area contributed by atoms with Crippen molar-refractivity contribution in [3.63, 3.8) is 0 Å². The van der Waals surface area contributed by atoms with Crippen LogP contribution in [0, 0.1) is 0 Å². The van der Waals surface area contributed by atoms with E-state index in [1.54, 1.807) is 6.92 Å². The second-order valence-electron chi connectivity index (χ2n) is 5.08. The molecular weight excluding hydrogens is 190 g/mol. The topological polar surface area (TPSA) is 72.3 Å². The predicted octanol–water partition coefficient (Wildman–Crippen LogP) is 0.452. The molecule has 0 radical (unpaired) electrons. The van der Waals surface area contributed by atoms with Crippen LogP contribution in [0.3, 0.4) is 0 Å². The van der Waals surface area contributed by atoms with E-state index in [-0.39, 0.29) is 0 Å². The Morgan fingerprint density at radius 1 is 1.40 bits per heavy atom. The minimum absolute atomic E-state index is 0.424. The fraction of sp³-hybridized carbons (Fsp3) is 0.909. The van der Waals surface area contributed by atoms with Crippen molar-refractivity contribution in [2.45, 2.75) is 57.7 Å². The van der Waals surface area contributed by atoms with E-state index in [0.717, 1.165) is 0 Å². The molecule has 15 heavy (non-hydrogen) atoms. The average Bonchev–Trinajstić information content (AvgIpc) is 2.11. The molecule has 0 spiro atoms. The van der Waals surface area contributed by atoms with Crippen molar-refractivity contribution in [1.29, 1.82) is 0 Å². The van der Waals surface area contributed by atoms with Gasteiger partial charge in [0.05, 0.1) is 0 Å². The standard InChI is InChI=1S/C11H23N3O/c1-8-5-4-6-9(2)14(8)7-11(3,13)10(12)15/h8-9H,4-7,13H2,1-3H3,(H2,12,15). The zero-order chi connectivity index (χ0) is 11.6. The summed E-state index contributed by atoms with van der Waals surface area (Å²) in [5, 5.41) is 0. The molecule has 3 unspecified atom stereocenters. The fourth-order valence-corrected chi connectivity index (χ4v) is 2.24. The van der Waals surface area contributed by atoms with Gasteiger partial charge in [0.1, 0.15) is 5.54 Å². The number of nitrogens with zero attached hydrogens (tertiary/aromatic N) is 1. The largest absolute Gasteiger partial charge is 0.368 e. The summed E-state index contributed by atoms with van der Waals surface area (Å²) < 4.78 is 0. The number of nitrogens with two attached hydrogens (primary N) is 2. The first kappa shape index (κ1) is 12.5. The number of hydrogen-bond donors (Lipinski definition) is 2. The lowest BCUT2D eigenvalue weighted by Gasteiger charge is -2.42. The first-order chi connectivity index (χ1) is 6.84. The van der Waals surface area contributed by atoms with Gasteiger partial charge in [0, 0.05) is 18.6 Å². The molecule has 1 aliphatic heterocycles. The number of amides is 1. The molecule has 3 atom stereocenters. The third-order valence-corrected chi connectivity index (χ3v) is 3.45. The maximum Gasteiger partial charge on any atom is 0.238 e. The van der Waals surface area contributed by atoms with Crippen LogP contribution in [-0.2, 0) is 4.79 Å². The first-order valence-corrected chi connectivity index (χ1v) is 5.69. The van der Waals surface area contributed by atoms with Crippen LogP contribution < -0.4 is 11.5 Å². The van der Waals surface area contributed by atoms with Gasteiger partial charge in [0.25, 0.3) is 0 Å². The van der Waals surface area contributed by atoms with E-state index < -0.39 is 11.4 Å². The molecule has 0 aromatic heterocycles. The Hall–Kier alpha value is -0.610.